The standard InChI is InChI=1S/C12H20N2O/c1-12(2,15)9-14-8-11-5-3-10(7-13)4-6-11/h3-6,14-15H,7-9,13H2,1-2H3. The summed E-state index contributed by atoms with van der Waals surface area (Å²) in [6.07, 6.45) is 0. The lowest BCUT2D eigenvalue weighted by Crippen LogP contribution is -2.34. The molecule has 0 aromatic heterocycles. The fraction of sp³-hybridized carbons (Fsp3) is 0.500. The van der Waals surface area contributed by atoms with Crippen LogP contribution in [0.1, 0.15) is 25.0 Å². The molecule has 3 heteroatoms. The highest BCUT2D eigenvalue weighted by atomic mass is 16.3. The van der Waals surface area contributed by atoms with Gasteiger partial charge in [-0.05, 0) is 25.0 Å². The number of benzene rings is 1. The minimum absolute atomic E-state index is 0.581. The van der Waals surface area contributed by atoms with E-state index in [1.165, 1.54) is 5.56 Å². The summed E-state index contributed by atoms with van der Waals surface area (Å²) in [4.78, 5) is 0. The van der Waals surface area contributed by atoms with E-state index in [9.17, 15) is 5.11 Å². The van der Waals surface area contributed by atoms with Crippen LogP contribution in [-0.2, 0) is 13.1 Å². The zero-order valence-corrected chi connectivity index (χ0v) is 9.46. The lowest BCUT2D eigenvalue weighted by molar-refractivity contribution is 0.0795. The van der Waals surface area contributed by atoms with Crippen LogP contribution in [0.15, 0.2) is 24.3 Å². The molecule has 0 aliphatic rings. The molecular weight excluding hydrogens is 188 g/mol. The van der Waals surface area contributed by atoms with Gasteiger partial charge >= 0.3 is 0 Å². The van der Waals surface area contributed by atoms with Crippen molar-refractivity contribution in [1.29, 1.82) is 0 Å². The van der Waals surface area contributed by atoms with E-state index < -0.39 is 5.60 Å². The van der Waals surface area contributed by atoms with Crippen molar-refractivity contribution < 1.29 is 5.11 Å². The highest BCUT2D eigenvalue weighted by molar-refractivity contribution is 5.22. The predicted molar refractivity (Wildman–Crippen MR) is 62.3 cm³/mol. The Morgan fingerprint density at radius 1 is 1.20 bits per heavy atom. The van der Waals surface area contributed by atoms with Crippen molar-refractivity contribution >= 4 is 0 Å². The molecule has 0 atom stereocenters. The summed E-state index contributed by atoms with van der Waals surface area (Å²) in [5.41, 5.74) is 7.20. The topological polar surface area (TPSA) is 58.3 Å². The maximum atomic E-state index is 9.50. The second-order valence-electron chi connectivity index (χ2n) is 4.44. The molecule has 0 fully saturated rings. The Balaban J connectivity index is 2.38. The molecule has 0 aliphatic heterocycles. The van der Waals surface area contributed by atoms with Crippen molar-refractivity contribution in [1.82, 2.24) is 5.32 Å². The number of rotatable bonds is 5. The Bertz CT molecular complexity index is 287. The molecule has 1 rings (SSSR count). The lowest BCUT2D eigenvalue weighted by atomic mass is 10.1. The van der Waals surface area contributed by atoms with Crippen LogP contribution in [0.2, 0.25) is 0 Å². The van der Waals surface area contributed by atoms with Crippen LogP contribution in [0.3, 0.4) is 0 Å². The summed E-state index contributed by atoms with van der Waals surface area (Å²) >= 11 is 0. The van der Waals surface area contributed by atoms with E-state index in [4.69, 9.17) is 5.73 Å². The van der Waals surface area contributed by atoms with Gasteiger partial charge in [-0.15, -0.1) is 0 Å². The summed E-state index contributed by atoms with van der Waals surface area (Å²) < 4.78 is 0. The van der Waals surface area contributed by atoms with E-state index in [0.717, 1.165) is 12.1 Å². The van der Waals surface area contributed by atoms with Crippen molar-refractivity contribution in [2.75, 3.05) is 6.54 Å². The summed E-state index contributed by atoms with van der Waals surface area (Å²) in [5, 5.41) is 12.7. The Morgan fingerprint density at radius 2 is 1.73 bits per heavy atom. The zero-order valence-electron chi connectivity index (χ0n) is 9.46. The fourth-order valence-corrected chi connectivity index (χ4v) is 1.31. The van der Waals surface area contributed by atoms with Crippen molar-refractivity contribution in [3.8, 4) is 0 Å². The molecule has 1 aromatic carbocycles. The molecule has 0 radical (unpaired) electrons. The number of aliphatic hydroxyl groups is 1. The third-order valence-corrected chi connectivity index (χ3v) is 2.15. The Labute approximate surface area is 91.3 Å². The maximum absolute atomic E-state index is 9.50. The van der Waals surface area contributed by atoms with Gasteiger partial charge in [-0.2, -0.15) is 0 Å². The number of nitrogens with one attached hydrogen (secondary N) is 1. The molecule has 0 unspecified atom stereocenters. The first-order chi connectivity index (χ1) is 7.01. The van der Waals surface area contributed by atoms with Crippen LogP contribution in [0.5, 0.6) is 0 Å². The Hall–Kier alpha value is -0.900. The number of hydrogen-bond donors (Lipinski definition) is 3. The second-order valence-corrected chi connectivity index (χ2v) is 4.44. The first-order valence-electron chi connectivity index (χ1n) is 5.22. The second kappa shape index (κ2) is 5.26. The molecule has 0 heterocycles. The largest absolute Gasteiger partial charge is 0.389 e. The van der Waals surface area contributed by atoms with Crippen LogP contribution >= 0.6 is 0 Å². The normalized spacial score (nSPS) is 11.7. The predicted octanol–water partition coefficient (Wildman–Crippen LogP) is 1.01. The van der Waals surface area contributed by atoms with Crippen molar-refractivity contribution in [3.05, 3.63) is 35.4 Å². The lowest BCUT2D eigenvalue weighted by Gasteiger charge is -2.17. The average Bonchev–Trinajstić information content (AvgIpc) is 2.17. The third-order valence-electron chi connectivity index (χ3n) is 2.15. The van der Waals surface area contributed by atoms with Gasteiger partial charge in [0.05, 0.1) is 5.60 Å². The SMILES string of the molecule is CC(C)(O)CNCc1ccc(CN)cc1. The molecule has 15 heavy (non-hydrogen) atoms. The van der Waals surface area contributed by atoms with Crippen LogP contribution in [0, 0.1) is 0 Å². The number of nitrogens with two attached hydrogens (primary N) is 1. The maximum Gasteiger partial charge on any atom is 0.0715 e. The molecule has 0 spiro atoms. The van der Waals surface area contributed by atoms with E-state index in [0.29, 0.717) is 13.1 Å². The first kappa shape index (κ1) is 12.2. The summed E-state index contributed by atoms with van der Waals surface area (Å²) in [6.45, 7) is 5.52. The van der Waals surface area contributed by atoms with Gasteiger partial charge < -0.3 is 16.2 Å². The van der Waals surface area contributed by atoms with E-state index >= 15 is 0 Å². The van der Waals surface area contributed by atoms with Gasteiger partial charge in [0.1, 0.15) is 0 Å². The number of hydrogen-bond acceptors (Lipinski definition) is 3. The van der Waals surface area contributed by atoms with E-state index in [1.807, 2.05) is 12.1 Å². The van der Waals surface area contributed by atoms with Crippen molar-refractivity contribution in [2.45, 2.75) is 32.5 Å². The minimum atomic E-state index is -0.656. The van der Waals surface area contributed by atoms with Gasteiger partial charge in [0, 0.05) is 19.6 Å². The first-order valence-corrected chi connectivity index (χ1v) is 5.22. The van der Waals surface area contributed by atoms with Gasteiger partial charge in [0.15, 0.2) is 0 Å². The third kappa shape index (κ3) is 4.93. The highest BCUT2D eigenvalue weighted by Crippen LogP contribution is 2.04. The average molecular weight is 208 g/mol. The molecule has 4 N–H and O–H groups in total. The molecule has 3 nitrogen and oxygen atoms in total. The van der Waals surface area contributed by atoms with Gasteiger partial charge in [0.25, 0.3) is 0 Å². The molecule has 0 bridgehead atoms. The Morgan fingerprint density at radius 3 is 2.20 bits per heavy atom. The van der Waals surface area contributed by atoms with Gasteiger partial charge in [0.2, 0.25) is 0 Å². The molecule has 0 aliphatic carbocycles. The fourth-order valence-electron chi connectivity index (χ4n) is 1.31. The summed E-state index contributed by atoms with van der Waals surface area (Å²) in [5.74, 6) is 0. The van der Waals surface area contributed by atoms with E-state index in [2.05, 4.69) is 17.4 Å². The minimum Gasteiger partial charge on any atom is -0.389 e. The van der Waals surface area contributed by atoms with Gasteiger partial charge in [-0.1, -0.05) is 24.3 Å². The molecule has 84 valence electrons. The van der Waals surface area contributed by atoms with Crippen LogP contribution in [-0.4, -0.2) is 17.3 Å². The molecule has 0 saturated carbocycles. The van der Waals surface area contributed by atoms with Crippen molar-refractivity contribution in [3.63, 3.8) is 0 Å². The molecule has 1 aromatic rings. The van der Waals surface area contributed by atoms with Crippen LogP contribution < -0.4 is 11.1 Å². The zero-order chi connectivity index (χ0) is 11.3. The van der Waals surface area contributed by atoms with E-state index in [1.54, 1.807) is 13.8 Å². The van der Waals surface area contributed by atoms with E-state index in [-0.39, 0.29) is 0 Å². The molecular formula is C12H20N2O. The smallest absolute Gasteiger partial charge is 0.0715 e. The highest BCUT2D eigenvalue weighted by Gasteiger charge is 2.10. The monoisotopic (exact) mass is 208 g/mol. The van der Waals surface area contributed by atoms with Crippen LogP contribution in [0.25, 0.3) is 0 Å². The van der Waals surface area contributed by atoms with Crippen molar-refractivity contribution in [2.24, 2.45) is 5.73 Å². The summed E-state index contributed by atoms with van der Waals surface area (Å²) in [6, 6.07) is 8.17. The Kier molecular flexibility index (Phi) is 4.27. The van der Waals surface area contributed by atoms with Crippen LogP contribution in [0.4, 0.5) is 0 Å². The van der Waals surface area contributed by atoms with Gasteiger partial charge in [-0.25, -0.2) is 0 Å². The molecule has 0 amide bonds. The molecule has 0 saturated heterocycles. The summed E-state index contributed by atoms with van der Waals surface area (Å²) in [7, 11) is 0. The van der Waals surface area contributed by atoms with Gasteiger partial charge in [-0.3, -0.25) is 0 Å². The quantitative estimate of drug-likeness (QED) is 0.676.